The van der Waals surface area contributed by atoms with Crippen molar-refractivity contribution in [1.29, 1.82) is 0 Å². The maximum atomic E-state index is 12.3. The fourth-order valence-electron chi connectivity index (χ4n) is 2.44. The van der Waals surface area contributed by atoms with Gasteiger partial charge in [-0.3, -0.25) is 9.59 Å². The fraction of sp³-hybridized carbons (Fsp3) is 0.467. The van der Waals surface area contributed by atoms with Gasteiger partial charge in [0.05, 0.1) is 24.5 Å². The summed E-state index contributed by atoms with van der Waals surface area (Å²) in [5.41, 5.74) is 0.140. The van der Waals surface area contributed by atoms with Crippen molar-refractivity contribution in [3.8, 4) is 0 Å². The summed E-state index contributed by atoms with van der Waals surface area (Å²) in [6.07, 6.45) is 0.423. The molecule has 1 aromatic carbocycles. The lowest BCUT2D eigenvalue weighted by atomic mass is 9.92. The van der Waals surface area contributed by atoms with Crippen molar-refractivity contribution in [2.45, 2.75) is 31.2 Å². The standard InChI is InChI=1S/C15H19NO4/c1-11(12-5-3-2-4-6-12)14(19)16-15(9-13(17)18)7-8-20-10-15/h2-6,11H,7-10H2,1H3,(H,16,19)(H,17,18). The van der Waals surface area contributed by atoms with Gasteiger partial charge in [0.15, 0.2) is 0 Å². The topological polar surface area (TPSA) is 75.6 Å². The van der Waals surface area contributed by atoms with Crippen LogP contribution < -0.4 is 5.32 Å². The summed E-state index contributed by atoms with van der Waals surface area (Å²) in [5.74, 6) is -1.41. The molecular weight excluding hydrogens is 258 g/mol. The number of carbonyl (C=O) groups excluding carboxylic acids is 1. The molecule has 1 aromatic rings. The smallest absolute Gasteiger partial charge is 0.305 e. The molecule has 1 aliphatic rings. The number of hydrogen-bond acceptors (Lipinski definition) is 3. The molecule has 0 spiro atoms. The predicted molar refractivity (Wildman–Crippen MR) is 73.4 cm³/mol. The van der Waals surface area contributed by atoms with Crippen LogP contribution in [0.4, 0.5) is 0 Å². The molecule has 1 saturated heterocycles. The Kier molecular flexibility index (Phi) is 4.39. The number of hydrogen-bond donors (Lipinski definition) is 2. The van der Waals surface area contributed by atoms with Crippen LogP contribution in [-0.2, 0) is 14.3 Å². The van der Waals surface area contributed by atoms with Gasteiger partial charge in [-0.15, -0.1) is 0 Å². The Hall–Kier alpha value is -1.88. The van der Waals surface area contributed by atoms with Crippen molar-refractivity contribution in [2.75, 3.05) is 13.2 Å². The zero-order chi connectivity index (χ0) is 14.6. The van der Waals surface area contributed by atoms with Crippen molar-refractivity contribution in [1.82, 2.24) is 5.32 Å². The summed E-state index contributed by atoms with van der Waals surface area (Å²) in [7, 11) is 0. The number of rotatable bonds is 5. The molecule has 5 heteroatoms. The van der Waals surface area contributed by atoms with Gasteiger partial charge in [0.2, 0.25) is 5.91 Å². The number of aliphatic carboxylic acids is 1. The molecule has 1 fully saturated rings. The zero-order valence-corrected chi connectivity index (χ0v) is 11.5. The Labute approximate surface area is 117 Å². The van der Waals surface area contributed by atoms with E-state index in [1.165, 1.54) is 0 Å². The molecule has 1 amide bonds. The average Bonchev–Trinajstić information content (AvgIpc) is 2.86. The van der Waals surface area contributed by atoms with Crippen LogP contribution in [0.2, 0.25) is 0 Å². The molecule has 0 radical (unpaired) electrons. The summed E-state index contributed by atoms with van der Waals surface area (Å²) in [6.45, 7) is 2.55. The highest BCUT2D eigenvalue weighted by molar-refractivity contribution is 5.84. The molecule has 2 atom stereocenters. The number of nitrogens with one attached hydrogen (secondary N) is 1. The third kappa shape index (κ3) is 3.36. The van der Waals surface area contributed by atoms with E-state index in [0.29, 0.717) is 13.0 Å². The predicted octanol–water partition coefficient (Wildman–Crippen LogP) is 1.54. The van der Waals surface area contributed by atoms with Gasteiger partial charge in [0.25, 0.3) is 0 Å². The Morgan fingerprint density at radius 3 is 2.65 bits per heavy atom. The van der Waals surface area contributed by atoms with Gasteiger partial charge >= 0.3 is 5.97 Å². The molecular formula is C15H19NO4. The maximum absolute atomic E-state index is 12.3. The summed E-state index contributed by atoms with van der Waals surface area (Å²) < 4.78 is 5.27. The Morgan fingerprint density at radius 1 is 1.40 bits per heavy atom. The number of carboxylic acid groups (broad SMARTS) is 1. The Bertz CT molecular complexity index is 480. The first kappa shape index (κ1) is 14.5. The normalized spacial score (nSPS) is 23.2. The molecule has 108 valence electrons. The van der Waals surface area contributed by atoms with Crippen molar-refractivity contribution < 1.29 is 19.4 Å². The Morgan fingerprint density at radius 2 is 2.10 bits per heavy atom. The molecule has 0 saturated carbocycles. The summed E-state index contributed by atoms with van der Waals surface area (Å²) >= 11 is 0. The quantitative estimate of drug-likeness (QED) is 0.856. The van der Waals surface area contributed by atoms with E-state index in [4.69, 9.17) is 9.84 Å². The van der Waals surface area contributed by atoms with Crippen LogP contribution >= 0.6 is 0 Å². The lowest BCUT2D eigenvalue weighted by Gasteiger charge is -2.28. The van der Waals surface area contributed by atoms with Crippen LogP contribution in [0.3, 0.4) is 0 Å². The van der Waals surface area contributed by atoms with E-state index in [1.807, 2.05) is 37.3 Å². The van der Waals surface area contributed by atoms with E-state index in [0.717, 1.165) is 5.56 Å². The lowest BCUT2D eigenvalue weighted by molar-refractivity contribution is -0.139. The van der Waals surface area contributed by atoms with E-state index in [2.05, 4.69) is 5.32 Å². The van der Waals surface area contributed by atoms with Crippen LogP contribution in [0.25, 0.3) is 0 Å². The highest BCUT2D eigenvalue weighted by Gasteiger charge is 2.39. The summed E-state index contributed by atoms with van der Waals surface area (Å²) in [6, 6.07) is 9.43. The molecule has 2 N–H and O–H groups in total. The first-order valence-corrected chi connectivity index (χ1v) is 6.69. The summed E-state index contributed by atoms with van der Waals surface area (Å²) in [5, 5.41) is 11.9. The van der Waals surface area contributed by atoms with Crippen LogP contribution in [0.1, 0.15) is 31.2 Å². The van der Waals surface area contributed by atoms with Gasteiger partial charge < -0.3 is 15.2 Å². The minimum atomic E-state index is -0.928. The highest BCUT2D eigenvalue weighted by Crippen LogP contribution is 2.25. The monoisotopic (exact) mass is 277 g/mol. The average molecular weight is 277 g/mol. The molecule has 2 rings (SSSR count). The fourth-order valence-corrected chi connectivity index (χ4v) is 2.44. The first-order valence-electron chi connectivity index (χ1n) is 6.69. The number of ether oxygens (including phenoxy) is 1. The van der Waals surface area contributed by atoms with Crippen LogP contribution in [0.5, 0.6) is 0 Å². The minimum Gasteiger partial charge on any atom is -0.481 e. The van der Waals surface area contributed by atoms with Gasteiger partial charge in [-0.05, 0) is 18.9 Å². The van der Waals surface area contributed by atoms with E-state index in [1.54, 1.807) is 0 Å². The molecule has 1 heterocycles. The van der Waals surface area contributed by atoms with Crippen molar-refractivity contribution in [2.24, 2.45) is 0 Å². The SMILES string of the molecule is CC(C(=O)NC1(CC(=O)O)CCOC1)c1ccccc1. The van der Waals surface area contributed by atoms with Gasteiger partial charge in [-0.1, -0.05) is 30.3 Å². The number of amides is 1. The maximum Gasteiger partial charge on any atom is 0.305 e. The van der Waals surface area contributed by atoms with Crippen LogP contribution in [0, 0.1) is 0 Å². The van der Waals surface area contributed by atoms with Crippen molar-refractivity contribution in [3.63, 3.8) is 0 Å². The number of benzene rings is 1. The summed E-state index contributed by atoms with van der Waals surface area (Å²) in [4.78, 5) is 23.3. The molecule has 1 aliphatic heterocycles. The van der Waals surface area contributed by atoms with E-state index in [-0.39, 0.29) is 24.9 Å². The third-order valence-electron chi connectivity index (χ3n) is 3.67. The first-order chi connectivity index (χ1) is 9.52. The van der Waals surface area contributed by atoms with Gasteiger partial charge in [0, 0.05) is 6.61 Å². The molecule has 20 heavy (non-hydrogen) atoms. The van der Waals surface area contributed by atoms with Gasteiger partial charge in [0.1, 0.15) is 0 Å². The van der Waals surface area contributed by atoms with Crippen LogP contribution in [0.15, 0.2) is 30.3 Å². The lowest BCUT2D eigenvalue weighted by Crippen LogP contribution is -2.51. The second-order valence-corrected chi connectivity index (χ2v) is 5.28. The molecule has 0 aliphatic carbocycles. The largest absolute Gasteiger partial charge is 0.481 e. The van der Waals surface area contributed by atoms with Gasteiger partial charge in [-0.2, -0.15) is 0 Å². The number of carbonyl (C=O) groups is 2. The van der Waals surface area contributed by atoms with Crippen LogP contribution in [-0.4, -0.2) is 35.7 Å². The second-order valence-electron chi connectivity index (χ2n) is 5.28. The molecule has 0 bridgehead atoms. The van der Waals surface area contributed by atoms with E-state index >= 15 is 0 Å². The second kappa shape index (κ2) is 6.05. The van der Waals surface area contributed by atoms with Gasteiger partial charge in [-0.25, -0.2) is 0 Å². The number of carboxylic acids is 1. The van der Waals surface area contributed by atoms with E-state index < -0.39 is 11.5 Å². The third-order valence-corrected chi connectivity index (χ3v) is 3.67. The van der Waals surface area contributed by atoms with Crippen molar-refractivity contribution in [3.05, 3.63) is 35.9 Å². The van der Waals surface area contributed by atoms with E-state index in [9.17, 15) is 9.59 Å². The Balaban J connectivity index is 2.07. The molecule has 2 unspecified atom stereocenters. The van der Waals surface area contributed by atoms with Crippen molar-refractivity contribution >= 4 is 11.9 Å². The zero-order valence-electron chi connectivity index (χ0n) is 11.5. The highest BCUT2D eigenvalue weighted by atomic mass is 16.5. The molecule has 0 aromatic heterocycles. The molecule has 5 nitrogen and oxygen atoms in total. The minimum absolute atomic E-state index is 0.111.